The van der Waals surface area contributed by atoms with Crippen LogP contribution in [0.25, 0.3) is 0 Å². The molecule has 1 atom stereocenters. The van der Waals surface area contributed by atoms with E-state index >= 15 is 0 Å². The summed E-state index contributed by atoms with van der Waals surface area (Å²) < 4.78 is 11.8. The second-order valence-electron chi connectivity index (χ2n) is 7.25. The molecule has 7 heteroatoms. The van der Waals surface area contributed by atoms with Crippen molar-refractivity contribution in [2.45, 2.75) is 33.4 Å². The summed E-state index contributed by atoms with van der Waals surface area (Å²) in [6, 6.07) is 15.3. The number of hydrogen-bond acceptors (Lipinski definition) is 4. The van der Waals surface area contributed by atoms with E-state index in [4.69, 9.17) is 9.47 Å². The molecule has 31 heavy (non-hydrogen) atoms. The van der Waals surface area contributed by atoms with Crippen molar-refractivity contribution in [1.82, 2.24) is 15.5 Å². The van der Waals surface area contributed by atoms with Crippen LogP contribution in [0.15, 0.2) is 53.5 Å². The highest BCUT2D eigenvalue weighted by molar-refractivity contribution is 5.94. The lowest BCUT2D eigenvalue weighted by molar-refractivity contribution is 0.0773. The molecular formula is C24H32N4O3. The topological polar surface area (TPSA) is 75.2 Å². The average molecular weight is 425 g/mol. The van der Waals surface area contributed by atoms with Crippen LogP contribution in [-0.2, 0) is 6.54 Å². The van der Waals surface area contributed by atoms with Crippen molar-refractivity contribution in [3.8, 4) is 11.5 Å². The molecule has 7 nitrogen and oxygen atoms in total. The maximum Gasteiger partial charge on any atom is 0.253 e. The quantitative estimate of drug-likeness (QED) is 0.503. The normalized spacial score (nSPS) is 15.3. The van der Waals surface area contributed by atoms with E-state index in [9.17, 15) is 4.79 Å². The second-order valence-corrected chi connectivity index (χ2v) is 7.25. The average Bonchev–Trinajstić information content (AvgIpc) is 2.81. The maximum atomic E-state index is 12.4. The first-order chi connectivity index (χ1) is 15.1. The van der Waals surface area contributed by atoms with Crippen molar-refractivity contribution >= 4 is 11.9 Å². The molecule has 0 saturated carbocycles. The van der Waals surface area contributed by atoms with Crippen molar-refractivity contribution in [2.75, 3.05) is 32.8 Å². The SMILES string of the molecule is CCNC(=NCc1ccc(C(=O)N(CC)CC)cc1)NCC1COc2ccccc2O1. The Morgan fingerprint density at radius 3 is 2.42 bits per heavy atom. The predicted octanol–water partition coefficient (Wildman–Crippen LogP) is 3.06. The highest BCUT2D eigenvalue weighted by atomic mass is 16.6. The van der Waals surface area contributed by atoms with Crippen molar-refractivity contribution in [1.29, 1.82) is 0 Å². The molecule has 0 saturated heterocycles. The Labute approximate surface area is 184 Å². The Kier molecular flexibility index (Phi) is 8.15. The minimum atomic E-state index is -0.0934. The van der Waals surface area contributed by atoms with Gasteiger partial charge < -0.3 is 25.0 Å². The molecule has 3 rings (SSSR count). The molecule has 2 aromatic rings. The molecule has 1 aliphatic heterocycles. The second kappa shape index (κ2) is 11.2. The van der Waals surface area contributed by atoms with Crippen LogP contribution < -0.4 is 20.1 Å². The summed E-state index contributed by atoms with van der Waals surface area (Å²) in [4.78, 5) is 18.9. The van der Waals surface area contributed by atoms with Gasteiger partial charge in [0.05, 0.1) is 13.1 Å². The van der Waals surface area contributed by atoms with E-state index in [2.05, 4.69) is 15.6 Å². The molecule has 0 radical (unpaired) electrons. The molecule has 0 spiro atoms. The first-order valence-electron chi connectivity index (χ1n) is 10.9. The highest BCUT2D eigenvalue weighted by Crippen LogP contribution is 2.30. The molecule has 0 aromatic heterocycles. The van der Waals surface area contributed by atoms with E-state index in [0.717, 1.165) is 23.6 Å². The Balaban J connectivity index is 1.55. The lowest BCUT2D eigenvalue weighted by Gasteiger charge is -2.27. The number of ether oxygens (including phenoxy) is 2. The number of carbonyl (C=O) groups is 1. The van der Waals surface area contributed by atoms with Gasteiger partial charge in [-0.1, -0.05) is 24.3 Å². The summed E-state index contributed by atoms with van der Waals surface area (Å²) in [6.07, 6.45) is -0.0934. The number of guanidine groups is 1. The Morgan fingerprint density at radius 2 is 1.74 bits per heavy atom. The third kappa shape index (κ3) is 6.13. The molecule has 1 unspecified atom stereocenters. The molecule has 1 amide bonds. The van der Waals surface area contributed by atoms with Crippen molar-refractivity contribution in [2.24, 2.45) is 4.99 Å². The summed E-state index contributed by atoms with van der Waals surface area (Å²) in [6.45, 7) is 9.77. The fourth-order valence-corrected chi connectivity index (χ4v) is 3.33. The van der Waals surface area contributed by atoms with Crippen molar-refractivity contribution < 1.29 is 14.3 Å². The lowest BCUT2D eigenvalue weighted by Crippen LogP contribution is -2.45. The minimum absolute atomic E-state index is 0.0614. The fraction of sp³-hybridized carbons (Fsp3) is 0.417. The minimum Gasteiger partial charge on any atom is -0.486 e. The van der Waals surface area contributed by atoms with Gasteiger partial charge in [0.15, 0.2) is 17.5 Å². The van der Waals surface area contributed by atoms with Crippen LogP contribution >= 0.6 is 0 Å². The number of carbonyl (C=O) groups excluding carboxylic acids is 1. The number of hydrogen-bond donors (Lipinski definition) is 2. The van der Waals surface area contributed by atoms with Gasteiger partial charge in [0.1, 0.15) is 12.7 Å². The molecule has 1 heterocycles. The zero-order valence-corrected chi connectivity index (χ0v) is 18.6. The zero-order chi connectivity index (χ0) is 22.1. The number of aliphatic imine (C=N–C) groups is 1. The number of benzene rings is 2. The van der Waals surface area contributed by atoms with Gasteiger partial charge in [-0.05, 0) is 50.6 Å². The maximum absolute atomic E-state index is 12.4. The van der Waals surface area contributed by atoms with Gasteiger partial charge in [-0.15, -0.1) is 0 Å². The largest absolute Gasteiger partial charge is 0.486 e. The number of fused-ring (bicyclic) bond motifs is 1. The predicted molar refractivity (Wildman–Crippen MR) is 123 cm³/mol. The summed E-state index contributed by atoms with van der Waals surface area (Å²) >= 11 is 0. The van der Waals surface area contributed by atoms with Gasteiger partial charge in [0, 0.05) is 25.2 Å². The summed E-state index contributed by atoms with van der Waals surface area (Å²) in [5.41, 5.74) is 1.75. The van der Waals surface area contributed by atoms with Crippen LogP contribution in [0.1, 0.15) is 36.7 Å². The van der Waals surface area contributed by atoms with Gasteiger partial charge in [-0.2, -0.15) is 0 Å². The summed E-state index contributed by atoms with van der Waals surface area (Å²) in [7, 11) is 0. The van der Waals surface area contributed by atoms with E-state index in [1.165, 1.54) is 0 Å². The van der Waals surface area contributed by atoms with Crippen LogP contribution in [-0.4, -0.2) is 55.7 Å². The van der Waals surface area contributed by atoms with Gasteiger partial charge >= 0.3 is 0 Å². The Hall–Kier alpha value is -3.22. The smallest absolute Gasteiger partial charge is 0.253 e. The fourth-order valence-electron chi connectivity index (χ4n) is 3.33. The third-order valence-electron chi connectivity index (χ3n) is 5.08. The van der Waals surface area contributed by atoms with Crippen molar-refractivity contribution in [3.05, 3.63) is 59.7 Å². The molecule has 0 fully saturated rings. The first-order valence-corrected chi connectivity index (χ1v) is 10.9. The van der Waals surface area contributed by atoms with Crippen LogP contribution in [0.5, 0.6) is 11.5 Å². The Bertz CT molecular complexity index is 879. The van der Waals surface area contributed by atoms with E-state index in [0.29, 0.717) is 44.3 Å². The standard InChI is InChI=1S/C24H32N4O3/c1-4-25-24(27-16-20-17-30-21-9-7-8-10-22(21)31-20)26-15-18-11-13-19(14-12-18)23(29)28(5-2)6-3/h7-14,20H,4-6,15-17H2,1-3H3,(H2,25,26,27). The van der Waals surface area contributed by atoms with E-state index in [-0.39, 0.29) is 12.0 Å². The number of nitrogens with one attached hydrogen (secondary N) is 2. The van der Waals surface area contributed by atoms with Crippen molar-refractivity contribution in [3.63, 3.8) is 0 Å². The molecular weight excluding hydrogens is 392 g/mol. The number of para-hydroxylation sites is 2. The third-order valence-corrected chi connectivity index (χ3v) is 5.08. The molecule has 2 aromatic carbocycles. The van der Waals surface area contributed by atoms with E-state index in [1.807, 2.05) is 74.2 Å². The highest BCUT2D eigenvalue weighted by Gasteiger charge is 2.20. The molecule has 2 N–H and O–H groups in total. The van der Waals surface area contributed by atoms with Crippen LogP contribution in [0.4, 0.5) is 0 Å². The Morgan fingerprint density at radius 1 is 1.03 bits per heavy atom. The van der Waals surface area contributed by atoms with E-state index in [1.54, 1.807) is 0 Å². The summed E-state index contributed by atoms with van der Waals surface area (Å²) in [5.74, 6) is 2.32. The first kappa shape index (κ1) is 22.5. The number of amides is 1. The monoisotopic (exact) mass is 424 g/mol. The van der Waals surface area contributed by atoms with Crippen LogP contribution in [0.3, 0.4) is 0 Å². The van der Waals surface area contributed by atoms with Gasteiger partial charge in [0.25, 0.3) is 5.91 Å². The van der Waals surface area contributed by atoms with E-state index < -0.39 is 0 Å². The van der Waals surface area contributed by atoms with Gasteiger partial charge in [0.2, 0.25) is 0 Å². The van der Waals surface area contributed by atoms with Gasteiger partial charge in [-0.25, -0.2) is 4.99 Å². The van der Waals surface area contributed by atoms with Gasteiger partial charge in [-0.3, -0.25) is 4.79 Å². The molecule has 0 bridgehead atoms. The van der Waals surface area contributed by atoms with Crippen LogP contribution in [0.2, 0.25) is 0 Å². The molecule has 166 valence electrons. The molecule has 1 aliphatic rings. The molecule has 0 aliphatic carbocycles. The zero-order valence-electron chi connectivity index (χ0n) is 18.6. The summed E-state index contributed by atoms with van der Waals surface area (Å²) in [5, 5.41) is 6.58. The number of nitrogens with zero attached hydrogens (tertiary/aromatic N) is 2. The number of rotatable bonds is 8. The van der Waals surface area contributed by atoms with Crippen LogP contribution in [0, 0.1) is 0 Å². The lowest BCUT2D eigenvalue weighted by atomic mass is 10.1.